The van der Waals surface area contributed by atoms with Gasteiger partial charge in [-0.2, -0.15) is 0 Å². The van der Waals surface area contributed by atoms with Crippen LogP contribution in [0.3, 0.4) is 0 Å². The van der Waals surface area contributed by atoms with E-state index in [2.05, 4.69) is 14.5 Å². The molecule has 20 heavy (non-hydrogen) atoms. The van der Waals surface area contributed by atoms with Gasteiger partial charge in [0.05, 0.1) is 7.11 Å². The van der Waals surface area contributed by atoms with Gasteiger partial charge in [0.25, 0.3) is 6.43 Å². The van der Waals surface area contributed by atoms with Gasteiger partial charge in [-0.05, 0) is 0 Å². The fraction of sp³-hybridized carbons (Fsp3) is 0.400. The number of aromatic nitrogens is 1. The first-order valence-corrected chi connectivity index (χ1v) is 5.05. The smallest absolute Gasteiger partial charge is 0.464 e. The maximum atomic E-state index is 12.8. The van der Waals surface area contributed by atoms with Crippen molar-refractivity contribution in [3.8, 4) is 5.88 Å². The molecule has 2 N–H and O–H groups in total. The maximum absolute atomic E-state index is 12.8. The Labute approximate surface area is 109 Å². The average molecular weight is 300 g/mol. The highest BCUT2D eigenvalue weighted by atomic mass is 19.4. The lowest BCUT2D eigenvalue weighted by Crippen LogP contribution is -2.21. The number of carbonyl (C=O) groups is 1. The fourth-order valence-electron chi connectivity index (χ4n) is 1.41. The number of rotatable bonds is 4. The predicted molar refractivity (Wildman–Crippen MR) is 55.1 cm³/mol. The number of nitrogens with two attached hydrogens (primary N) is 1. The van der Waals surface area contributed by atoms with E-state index in [1.807, 2.05) is 0 Å². The van der Waals surface area contributed by atoms with E-state index in [-0.39, 0.29) is 0 Å². The van der Waals surface area contributed by atoms with Crippen LogP contribution < -0.4 is 10.5 Å². The van der Waals surface area contributed by atoms with Gasteiger partial charge in [0.15, 0.2) is 5.69 Å². The number of carbonyl (C=O) groups excluding carboxylic acids is 1. The standard InChI is InChI=1S/C10H9F5N2O3/c1-19-9(18)7-5(3-16)4(8(11)12)2-6(17-7)20-10(13,14)15/h2,8H,3,16H2,1H3. The largest absolute Gasteiger partial charge is 0.574 e. The van der Waals surface area contributed by atoms with Crippen LogP contribution in [-0.4, -0.2) is 24.4 Å². The van der Waals surface area contributed by atoms with Gasteiger partial charge in [0.1, 0.15) is 0 Å². The molecule has 0 unspecified atom stereocenters. The van der Waals surface area contributed by atoms with E-state index < -0.39 is 48.0 Å². The molecule has 0 aliphatic heterocycles. The highest BCUT2D eigenvalue weighted by molar-refractivity contribution is 5.89. The zero-order valence-electron chi connectivity index (χ0n) is 10.0. The second kappa shape index (κ2) is 5.99. The second-order valence-corrected chi connectivity index (χ2v) is 3.42. The van der Waals surface area contributed by atoms with Gasteiger partial charge in [-0.25, -0.2) is 18.6 Å². The van der Waals surface area contributed by atoms with Gasteiger partial charge >= 0.3 is 12.3 Å². The van der Waals surface area contributed by atoms with Crippen molar-refractivity contribution in [3.63, 3.8) is 0 Å². The van der Waals surface area contributed by atoms with Crippen molar-refractivity contribution in [3.05, 3.63) is 22.9 Å². The van der Waals surface area contributed by atoms with Gasteiger partial charge in [0.2, 0.25) is 5.88 Å². The zero-order chi connectivity index (χ0) is 15.5. The van der Waals surface area contributed by atoms with E-state index >= 15 is 0 Å². The molecule has 5 nitrogen and oxygen atoms in total. The van der Waals surface area contributed by atoms with Crippen LogP contribution >= 0.6 is 0 Å². The van der Waals surface area contributed by atoms with Gasteiger partial charge in [-0.1, -0.05) is 0 Å². The number of hydrogen-bond acceptors (Lipinski definition) is 5. The number of pyridine rings is 1. The van der Waals surface area contributed by atoms with Gasteiger partial charge < -0.3 is 15.2 Å². The molecular formula is C10H9F5N2O3. The minimum atomic E-state index is -5.13. The molecule has 0 amide bonds. The van der Waals surface area contributed by atoms with Gasteiger partial charge in [0, 0.05) is 23.7 Å². The number of esters is 1. The van der Waals surface area contributed by atoms with Crippen LogP contribution in [0.2, 0.25) is 0 Å². The molecule has 1 rings (SSSR count). The maximum Gasteiger partial charge on any atom is 0.574 e. The van der Waals surface area contributed by atoms with E-state index in [0.717, 1.165) is 7.11 Å². The van der Waals surface area contributed by atoms with Crippen molar-refractivity contribution in [1.82, 2.24) is 4.98 Å². The third-order valence-electron chi connectivity index (χ3n) is 2.17. The Kier molecular flexibility index (Phi) is 4.82. The Morgan fingerprint density at radius 2 is 2.05 bits per heavy atom. The van der Waals surface area contributed by atoms with Crippen molar-refractivity contribution in [2.24, 2.45) is 5.73 Å². The molecular weight excluding hydrogens is 291 g/mol. The lowest BCUT2D eigenvalue weighted by molar-refractivity contribution is -0.276. The SMILES string of the molecule is COC(=O)c1nc(OC(F)(F)F)cc(C(F)F)c1CN. The van der Waals surface area contributed by atoms with Crippen molar-refractivity contribution in [2.45, 2.75) is 19.3 Å². The van der Waals surface area contributed by atoms with E-state index in [1.165, 1.54) is 0 Å². The summed E-state index contributed by atoms with van der Waals surface area (Å²) in [5, 5.41) is 0. The number of ether oxygens (including phenoxy) is 2. The predicted octanol–water partition coefficient (Wildman–Crippen LogP) is 2.16. The van der Waals surface area contributed by atoms with E-state index in [1.54, 1.807) is 0 Å². The molecule has 0 fully saturated rings. The van der Waals surface area contributed by atoms with Crippen LogP contribution in [0.5, 0.6) is 5.88 Å². The molecule has 0 radical (unpaired) electrons. The van der Waals surface area contributed by atoms with Gasteiger partial charge in [-0.3, -0.25) is 0 Å². The molecule has 0 spiro atoms. The topological polar surface area (TPSA) is 74.4 Å². The van der Waals surface area contributed by atoms with Crippen LogP contribution in [0, 0.1) is 0 Å². The second-order valence-electron chi connectivity index (χ2n) is 3.42. The Bertz CT molecular complexity index is 504. The van der Waals surface area contributed by atoms with Crippen molar-refractivity contribution >= 4 is 5.97 Å². The summed E-state index contributed by atoms with van der Waals surface area (Å²) in [6, 6.07) is 0.382. The summed E-state index contributed by atoms with van der Waals surface area (Å²) in [4.78, 5) is 14.6. The highest BCUT2D eigenvalue weighted by Gasteiger charge is 2.33. The van der Waals surface area contributed by atoms with Crippen molar-refractivity contribution < 1.29 is 36.2 Å². The van der Waals surface area contributed by atoms with E-state index in [0.29, 0.717) is 6.07 Å². The molecule has 0 saturated carbocycles. The summed E-state index contributed by atoms with van der Waals surface area (Å²) in [6.45, 7) is -0.524. The number of alkyl halides is 5. The summed E-state index contributed by atoms with van der Waals surface area (Å²) in [5.41, 5.74) is 3.20. The lowest BCUT2D eigenvalue weighted by atomic mass is 10.1. The van der Waals surface area contributed by atoms with Crippen LogP contribution in [0.1, 0.15) is 28.0 Å². The molecule has 10 heteroatoms. The number of hydrogen-bond donors (Lipinski definition) is 1. The average Bonchev–Trinajstić information content (AvgIpc) is 2.34. The Morgan fingerprint density at radius 1 is 1.45 bits per heavy atom. The first kappa shape index (κ1) is 16.1. The molecule has 1 heterocycles. The monoisotopic (exact) mass is 300 g/mol. The summed E-state index contributed by atoms with van der Waals surface area (Å²) in [6.07, 6.45) is -8.29. The Hall–Kier alpha value is -1.97. The Morgan fingerprint density at radius 3 is 2.45 bits per heavy atom. The molecule has 112 valence electrons. The first-order chi connectivity index (χ1) is 9.19. The fourth-order valence-corrected chi connectivity index (χ4v) is 1.41. The summed E-state index contributed by atoms with van der Waals surface area (Å²) >= 11 is 0. The minimum Gasteiger partial charge on any atom is -0.464 e. The zero-order valence-corrected chi connectivity index (χ0v) is 10.0. The third kappa shape index (κ3) is 3.76. The van der Waals surface area contributed by atoms with Gasteiger partial charge in [-0.15, -0.1) is 13.2 Å². The minimum absolute atomic E-state index is 0.382. The summed E-state index contributed by atoms with van der Waals surface area (Å²) < 4.78 is 69.5. The third-order valence-corrected chi connectivity index (χ3v) is 2.17. The molecule has 0 aliphatic rings. The molecule has 0 aromatic carbocycles. The number of methoxy groups -OCH3 is 1. The van der Waals surface area contributed by atoms with E-state index in [4.69, 9.17) is 5.73 Å². The molecule has 0 atom stereocenters. The first-order valence-electron chi connectivity index (χ1n) is 5.05. The molecule has 0 aliphatic carbocycles. The van der Waals surface area contributed by atoms with Crippen LogP contribution in [0.25, 0.3) is 0 Å². The van der Waals surface area contributed by atoms with Crippen LogP contribution in [0.4, 0.5) is 22.0 Å². The Balaban J connectivity index is 3.43. The molecule has 1 aromatic heterocycles. The van der Waals surface area contributed by atoms with Crippen molar-refractivity contribution in [2.75, 3.05) is 7.11 Å². The van der Waals surface area contributed by atoms with Crippen LogP contribution in [-0.2, 0) is 11.3 Å². The molecule has 0 bridgehead atoms. The van der Waals surface area contributed by atoms with Crippen molar-refractivity contribution in [1.29, 1.82) is 0 Å². The quantitative estimate of drug-likeness (QED) is 0.681. The number of halogens is 5. The lowest BCUT2D eigenvalue weighted by Gasteiger charge is -2.14. The van der Waals surface area contributed by atoms with Crippen LogP contribution in [0.15, 0.2) is 6.07 Å². The molecule has 1 aromatic rings. The normalized spacial score (nSPS) is 11.6. The number of nitrogens with zero attached hydrogens (tertiary/aromatic N) is 1. The molecule has 0 saturated heterocycles. The summed E-state index contributed by atoms with van der Waals surface area (Å²) in [5.74, 6) is -2.38. The highest BCUT2D eigenvalue weighted by Crippen LogP contribution is 2.30. The van der Waals surface area contributed by atoms with E-state index in [9.17, 15) is 26.7 Å². The summed E-state index contributed by atoms with van der Waals surface area (Å²) in [7, 11) is 0.920.